The molecule has 0 saturated carbocycles. The zero-order chi connectivity index (χ0) is 8.65. The summed E-state index contributed by atoms with van der Waals surface area (Å²) >= 11 is 0. The molecule has 0 aromatic heterocycles. The van der Waals surface area contributed by atoms with E-state index < -0.39 is 24.1 Å². The summed E-state index contributed by atoms with van der Waals surface area (Å²) in [5.41, 5.74) is 0. The van der Waals surface area contributed by atoms with Crippen molar-refractivity contribution in [2.45, 2.75) is 5.92 Å². The van der Waals surface area contributed by atoms with Gasteiger partial charge >= 0.3 is 0 Å². The minimum atomic E-state index is -3.10. The molecule has 11 heavy (non-hydrogen) atoms. The largest absolute Gasteiger partial charge is 0.503 e. The van der Waals surface area contributed by atoms with Crippen LogP contribution in [0, 0.1) is 0 Å². The van der Waals surface area contributed by atoms with Gasteiger partial charge in [-0.05, 0) is 0 Å². The molecule has 1 heterocycles. The zero-order valence-corrected chi connectivity index (χ0v) is 5.84. The van der Waals surface area contributed by atoms with Crippen LogP contribution in [0.4, 0.5) is 8.78 Å². The van der Waals surface area contributed by atoms with E-state index in [1.54, 1.807) is 0 Å². The molecule has 5 heteroatoms. The third kappa shape index (κ3) is 1.47. The summed E-state index contributed by atoms with van der Waals surface area (Å²) in [4.78, 5) is 11.5. The Bertz CT molecular complexity index is 225. The lowest BCUT2D eigenvalue weighted by Gasteiger charge is -2.25. The van der Waals surface area contributed by atoms with Crippen LogP contribution in [0.5, 0.6) is 0 Å². The Kier molecular flexibility index (Phi) is 1.58. The number of aliphatic hydroxyl groups excluding tert-OH is 1. The minimum Gasteiger partial charge on any atom is -0.503 e. The summed E-state index contributed by atoms with van der Waals surface area (Å²) in [7, 11) is 1.21. The Balaban J connectivity index is 2.94. The average molecular weight is 163 g/mol. The van der Waals surface area contributed by atoms with Crippen LogP contribution in [0.25, 0.3) is 0 Å². The zero-order valence-electron chi connectivity index (χ0n) is 5.84. The van der Waals surface area contributed by atoms with E-state index in [9.17, 15) is 13.6 Å². The normalized spacial score (nSPS) is 23.4. The molecule has 0 fully saturated rings. The van der Waals surface area contributed by atoms with Crippen LogP contribution < -0.4 is 0 Å². The summed E-state index contributed by atoms with van der Waals surface area (Å²) in [6.45, 7) is -0.671. The van der Waals surface area contributed by atoms with Gasteiger partial charge in [0.25, 0.3) is 11.8 Å². The highest BCUT2D eigenvalue weighted by molar-refractivity contribution is 5.91. The van der Waals surface area contributed by atoms with Crippen LogP contribution in [0.2, 0.25) is 0 Å². The van der Waals surface area contributed by atoms with Crippen molar-refractivity contribution in [1.82, 2.24) is 4.90 Å². The summed E-state index contributed by atoms with van der Waals surface area (Å²) in [6.07, 6.45) is 0.273. The maximum atomic E-state index is 12.4. The van der Waals surface area contributed by atoms with E-state index in [0.717, 1.165) is 4.90 Å². The van der Waals surface area contributed by atoms with Gasteiger partial charge in [-0.25, -0.2) is 0 Å². The molecule has 0 bridgehead atoms. The first kappa shape index (κ1) is 7.97. The van der Waals surface area contributed by atoms with Gasteiger partial charge in [0.1, 0.15) is 0 Å². The Labute approximate surface area is 61.9 Å². The van der Waals surface area contributed by atoms with Crippen LogP contribution in [0.3, 0.4) is 0 Å². The number of rotatable bonds is 0. The van der Waals surface area contributed by atoms with E-state index in [1.165, 1.54) is 7.05 Å². The number of hydrogen-bond donors (Lipinski definition) is 1. The molecule has 3 nitrogen and oxygen atoms in total. The molecule has 1 aliphatic heterocycles. The van der Waals surface area contributed by atoms with Crippen LogP contribution in [0.1, 0.15) is 0 Å². The predicted molar refractivity (Wildman–Crippen MR) is 33.3 cm³/mol. The first-order chi connectivity index (χ1) is 4.92. The van der Waals surface area contributed by atoms with E-state index in [4.69, 9.17) is 5.11 Å². The van der Waals surface area contributed by atoms with Crippen molar-refractivity contribution in [1.29, 1.82) is 0 Å². The molecule has 1 N–H and O–H groups in total. The van der Waals surface area contributed by atoms with Crippen molar-refractivity contribution >= 4 is 5.91 Å². The maximum Gasteiger partial charge on any atom is 0.288 e. The number of alkyl halides is 2. The van der Waals surface area contributed by atoms with Gasteiger partial charge in [-0.15, -0.1) is 0 Å². The molecule has 0 aromatic carbocycles. The predicted octanol–water partition coefficient (Wildman–Crippen LogP) is 0.536. The van der Waals surface area contributed by atoms with Crippen LogP contribution in [-0.2, 0) is 4.79 Å². The molecule has 1 aliphatic rings. The Hall–Kier alpha value is -1.13. The smallest absolute Gasteiger partial charge is 0.288 e. The third-order valence-electron chi connectivity index (χ3n) is 1.36. The van der Waals surface area contributed by atoms with Gasteiger partial charge in [0.2, 0.25) is 0 Å². The number of carbonyl (C=O) groups excluding carboxylic acids is 1. The molecule has 0 aliphatic carbocycles. The maximum absolute atomic E-state index is 12.4. The molecule has 0 aromatic rings. The fourth-order valence-corrected chi connectivity index (χ4v) is 0.891. The van der Waals surface area contributed by atoms with E-state index in [-0.39, 0.29) is 6.08 Å². The second kappa shape index (κ2) is 2.18. The fraction of sp³-hybridized carbons (Fsp3) is 0.500. The summed E-state index contributed by atoms with van der Waals surface area (Å²) in [5, 5.41) is 8.67. The quantitative estimate of drug-likeness (QED) is 0.566. The van der Waals surface area contributed by atoms with Gasteiger partial charge in [-0.1, -0.05) is 0 Å². The lowest BCUT2D eigenvalue weighted by Crippen LogP contribution is -2.42. The number of amides is 1. The summed E-state index contributed by atoms with van der Waals surface area (Å²) in [5.74, 6) is -4.76. The van der Waals surface area contributed by atoms with E-state index in [0.29, 0.717) is 0 Å². The summed E-state index contributed by atoms with van der Waals surface area (Å²) < 4.78 is 24.9. The molecule has 0 saturated heterocycles. The molecule has 0 unspecified atom stereocenters. The molecule has 1 rings (SSSR count). The fourth-order valence-electron chi connectivity index (χ4n) is 0.891. The van der Waals surface area contributed by atoms with E-state index in [2.05, 4.69) is 0 Å². The molecule has 0 spiro atoms. The Morgan fingerprint density at radius 2 is 2.27 bits per heavy atom. The van der Waals surface area contributed by atoms with Crippen molar-refractivity contribution < 1.29 is 18.7 Å². The van der Waals surface area contributed by atoms with Gasteiger partial charge in [-0.3, -0.25) is 4.79 Å². The van der Waals surface area contributed by atoms with Gasteiger partial charge in [0, 0.05) is 13.1 Å². The first-order valence-electron chi connectivity index (χ1n) is 2.97. The first-order valence-corrected chi connectivity index (χ1v) is 2.97. The van der Waals surface area contributed by atoms with Gasteiger partial charge < -0.3 is 10.0 Å². The SMILES string of the molecule is CN1CC(F)(F)C=C(O)C1=O. The van der Waals surface area contributed by atoms with Gasteiger partial charge in [-0.2, -0.15) is 8.78 Å². The molecular formula is C6H7F2NO2. The highest BCUT2D eigenvalue weighted by Crippen LogP contribution is 2.22. The van der Waals surface area contributed by atoms with Crippen molar-refractivity contribution in [2.24, 2.45) is 0 Å². The number of hydrogen-bond acceptors (Lipinski definition) is 2. The van der Waals surface area contributed by atoms with Gasteiger partial charge in [0.05, 0.1) is 6.54 Å². The summed E-state index contributed by atoms with van der Waals surface area (Å²) in [6, 6.07) is 0. The van der Waals surface area contributed by atoms with Crippen molar-refractivity contribution in [3.63, 3.8) is 0 Å². The molecule has 1 amide bonds. The number of aliphatic hydroxyl groups is 1. The van der Waals surface area contributed by atoms with Crippen LogP contribution in [0.15, 0.2) is 11.8 Å². The Morgan fingerprint density at radius 3 is 2.73 bits per heavy atom. The van der Waals surface area contributed by atoms with E-state index >= 15 is 0 Å². The van der Waals surface area contributed by atoms with Crippen LogP contribution in [-0.4, -0.2) is 35.4 Å². The monoisotopic (exact) mass is 163 g/mol. The number of halogens is 2. The number of nitrogens with zero attached hydrogens (tertiary/aromatic N) is 1. The van der Waals surface area contributed by atoms with Crippen LogP contribution >= 0.6 is 0 Å². The lowest BCUT2D eigenvalue weighted by atomic mass is 10.2. The average Bonchev–Trinajstić information content (AvgIpc) is 1.81. The number of likely N-dealkylation sites (N-methyl/N-ethyl adjacent to an activating group) is 1. The number of carbonyl (C=O) groups is 1. The second-order valence-corrected chi connectivity index (χ2v) is 2.45. The second-order valence-electron chi connectivity index (χ2n) is 2.45. The molecule has 0 radical (unpaired) electrons. The standard InChI is InChI=1S/C6H7F2NO2/c1-9-3-6(7,8)2-4(10)5(9)11/h2,10H,3H2,1H3. The third-order valence-corrected chi connectivity index (χ3v) is 1.36. The minimum absolute atomic E-state index is 0.273. The molecule has 0 atom stereocenters. The topological polar surface area (TPSA) is 40.5 Å². The van der Waals surface area contributed by atoms with E-state index in [1.807, 2.05) is 0 Å². The van der Waals surface area contributed by atoms with Gasteiger partial charge in [0.15, 0.2) is 5.76 Å². The van der Waals surface area contributed by atoms with Crippen molar-refractivity contribution in [2.75, 3.05) is 13.6 Å². The van der Waals surface area contributed by atoms with Crippen molar-refractivity contribution in [3.05, 3.63) is 11.8 Å². The van der Waals surface area contributed by atoms with Crippen molar-refractivity contribution in [3.8, 4) is 0 Å². The highest BCUT2D eigenvalue weighted by Gasteiger charge is 2.37. The molecular weight excluding hydrogens is 156 g/mol. The molecule has 62 valence electrons. The lowest BCUT2D eigenvalue weighted by molar-refractivity contribution is -0.134. The Morgan fingerprint density at radius 1 is 1.73 bits per heavy atom. The highest BCUT2D eigenvalue weighted by atomic mass is 19.3.